The Balaban J connectivity index is 1.74. The van der Waals surface area contributed by atoms with Gasteiger partial charge in [-0.2, -0.15) is 0 Å². The molecule has 0 fully saturated rings. The smallest absolute Gasteiger partial charge is 0.337 e. The van der Waals surface area contributed by atoms with Crippen LogP contribution in [0.3, 0.4) is 0 Å². The van der Waals surface area contributed by atoms with Gasteiger partial charge >= 0.3 is 5.97 Å². The Kier molecular flexibility index (Phi) is 5.23. The first-order valence-corrected chi connectivity index (χ1v) is 10.6. The predicted octanol–water partition coefficient (Wildman–Crippen LogP) is 5.96. The molecule has 1 aromatic heterocycles. The highest BCUT2D eigenvalue weighted by Gasteiger charge is 2.24. The van der Waals surface area contributed by atoms with Crippen molar-refractivity contribution in [1.29, 1.82) is 0 Å². The van der Waals surface area contributed by atoms with Gasteiger partial charge in [-0.3, -0.25) is 0 Å². The molecule has 0 saturated heterocycles. The maximum atomic E-state index is 13.6. The molecule has 0 N–H and O–H groups in total. The zero-order chi connectivity index (χ0) is 22.2. The van der Waals surface area contributed by atoms with Gasteiger partial charge in [0.25, 0.3) is 0 Å². The molecule has 5 nitrogen and oxygen atoms in total. The van der Waals surface area contributed by atoms with Crippen LogP contribution in [0.2, 0.25) is 5.02 Å². The van der Waals surface area contributed by atoms with E-state index in [1.807, 2.05) is 18.2 Å². The van der Waals surface area contributed by atoms with Gasteiger partial charge in [-0.1, -0.05) is 11.6 Å². The van der Waals surface area contributed by atoms with Crippen molar-refractivity contribution in [2.75, 3.05) is 18.6 Å². The summed E-state index contributed by atoms with van der Waals surface area (Å²) in [5.74, 6) is -0.102. The number of carbonyl (C=O) groups is 1. The molecular weight excluding hydrogens is 429 g/mol. The largest absolute Gasteiger partial charge is 0.465 e. The van der Waals surface area contributed by atoms with Gasteiger partial charge in [0.2, 0.25) is 0 Å². The summed E-state index contributed by atoms with van der Waals surface area (Å²) in [7, 11) is 1.34. The van der Waals surface area contributed by atoms with E-state index in [4.69, 9.17) is 26.3 Å². The summed E-state index contributed by atoms with van der Waals surface area (Å²) < 4.78 is 18.4. The summed E-state index contributed by atoms with van der Waals surface area (Å²) >= 11 is 6.23. The van der Waals surface area contributed by atoms with Crippen molar-refractivity contribution in [2.24, 2.45) is 0 Å². The Morgan fingerprint density at radius 2 is 1.84 bits per heavy atom. The lowest BCUT2D eigenvalue weighted by Crippen LogP contribution is -2.26. The summed E-state index contributed by atoms with van der Waals surface area (Å²) in [6.07, 6.45) is 1.85. The van der Waals surface area contributed by atoms with Gasteiger partial charge in [0.05, 0.1) is 23.7 Å². The fourth-order valence-electron chi connectivity index (χ4n) is 4.07. The number of hydrogen-bond acceptors (Lipinski definition) is 5. The molecule has 0 atom stereocenters. The first-order valence-electron chi connectivity index (χ1n) is 10.3. The minimum atomic E-state index is -0.434. The third kappa shape index (κ3) is 3.67. The minimum absolute atomic E-state index is 0.315. The van der Waals surface area contributed by atoms with Crippen molar-refractivity contribution >= 4 is 40.1 Å². The van der Waals surface area contributed by atoms with E-state index in [2.05, 4.69) is 4.90 Å². The van der Waals surface area contributed by atoms with Gasteiger partial charge < -0.3 is 9.64 Å². The van der Waals surface area contributed by atoms with Crippen LogP contribution in [0, 0.1) is 5.82 Å². The lowest BCUT2D eigenvalue weighted by atomic mass is 10.0. The monoisotopic (exact) mass is 447 g/mol. The maximum absolute atomic E-state index is 13.6. The van der Waals surface area contributed by atoms with Crippen LogP contribution in [0.15, 0.2) is 60.7 Å². The lowest BCUT2D eigenvalue weighted by Gasteiger charge is -2.31. The SMILES string of the molecule is COC(=O)c1ccc2nc(-c3ccc(F)cc3)c(N3CCCc4cc(Cl)ccc43)nc2c1. The third-order valence-corrected chi connectivity index (χ3v) is 5.84. The number of carbonyl (C=O) groups excluding carboxylic acids is 1. The fourth-order valence-corrected chi connectivity index (χ4v) is 4.26. The van der Waals surface area contributed by atoms with E-state index in [1.165, 1.54) is 19.2 Å². The number of anilines is 2. The van der Waals surface area contributed by atoms with Crippen LogP contribution in [0.5, 0.6) is 0 Å². The lowest BCUT2D eigenvalue weighted by molar-refractivity contribution is 0.0601. The molecule has 3 aromatic carbocycles. The van der Waals surface area contributed by atoms with Crippen molar-refractivity contribution in [1.82, 2.24) is 9.97 Å². The predicted molar refractivity (Wildman–Crippen MR) is 123 cm³/mol. The van der Waals surface area contributed by atoms with Crippen LogP contribution in [0.25, 0.3) is 22.3 Å². The van der Waals surface area contributed by atoms with Crippen molar-refractivity contribution in [3.8, 4) is 11.3 Å². The van der Waals surface area contributed by atoms with Crippen molar-refractivity contribution < 1.29 is 13.9 Å². The second kappa shape index (κ2) is 8.20. The quantitative estimate of drug-likeness (QED) is 0.363. The molecule has 1 aliphatic rings. The number of esters is 1. The number of aryl methyl sites for hydroxylation is 1. The summed E-state index contributed by atoms with van der Waals surface area (Å²) in [5.41, 5.74) is 5.17. The summed E-state index contributed by atoms with van der Waals surface area (Å²) in [6.45, 7) is 0.750. The fraction of sp³-hybridized carbons (Fsp3) is 0.160. The van der Waals surface area contributed by atoms with E-state index in [1.54, 1.807) is 30.3 Å². The molecular formula is C25H19ClFN3O2. The second-order valence-corrected chi connectivity index (χ2v) is 8.06. The van der Waals surface area contributed by atoms with Crippen LogP contribution in [-0.2, 0) is 11.2 Å². The molecule has 0 saturated carbocycles. The second-order valence-electron chi connectivity index (χ2n) is 7.63. The van der Waals surface area contributed by atoms with E-state index in [9.17, 15) is 9.18 Å². The zero-order valence-corrected chi connectivity index (χ0v) is 18.1. The molecule has 2 heterocycles. The summed E-state index contributed by atoms with van der Waals surface area (Å²) in [4.78, 5) is 23.9. The molecule has 0 bridgehead atoms. The van der Waals surface area contributed by atoms with E-state index in [-0.39, 0.29) is 5.82 Å². The van der Waals surface area contributed by atoms with Crippen LogP contribution in [0.4, 0.5) is 15.9 Å². The topological polar surface area (TPSA) is 55.3 Å². The molecule has 0 spiro atoms. The van der Waals surface area contributed by atoms with Crippen LogP contribution >= 0.6 is 11.6 Å². The Labute approximate surface area is 189 Å². The Morgan fingerprint density at radius 3 is 2.62 bits per heavy atom. The zero-order valence-electron chi connectivity index (χ0n) is 17.3. The van der Waals surface area contributed by atoms with Gasteiger partial charge in [0.1, 0.15) is 11.5 Å². The highest BCUT2D eigenvalue weighted by molar-refractivity contribution is 6.30. The van der Waals surface area contributed by atoms with Crippen LogP contribution in [0.1, 0.15) is 22.3 Å². The number of ether oxygens (including phenoxy) is 1. The van der Waals surface area contributed by atoms with Crippen LogP contribution in [-0.4, -0.2) is 29.6 Å². The molecule has 4 aromatic rings. The van der Waals surface area contributed by atoms with Crippen molar-refractivity contribution in [3.05, 3.63) is 82.6 Å². The molecule has 0 radical (unpaired) electrons. The maximum Gasteiger partial charge on any atom is 0.337 e. The van der Waals surface area contributed by atoms with Gasteiger partial charge in [0, 0.05) is 22.8 Å². The third-order valence-electron chi connectivity index (χ3n) is 5.60. The Morgan fingerprint density at radius 1 is 1.03 bits per heavy atom. The molecule has 0 unspecified atom stereocenters. The number of hydrogen-bond donors (Lipinski definition) is 0. The molecule has 160 valence electrons. The number of halogens is 2. The number of fused-ring (bicyclic) bond motifs is 2. The molecule has 5 rings (SSSR count). The average molecular weight is 448 g/mol. The number of methoxy groups -OCH3 is 1. The van der Waals surface area contributed by atoms with E-state index in [0.717, 1.165) is 36.2 Å². The minimum Gasteiger partial charge on any atom is -0.465 e. The number of nitrogens with zero attached hydrogens (tertiary/aromatic N) is 3. The normalized spacial score (nSPS) is 13.2. The Bertz CT molecular complexity index is 1340. The Hall–Kier alpha value is -3.51. The highest BCUT2D eigenvalue weighted by Crippen LogP contribution is 2.39. The molecule has 7 heteroatoms. The van der Waals surface area contributed by atoms with Gasteiger partial charge in [0.15, 0.2) is 5.82 Å². The summed E-state index contributed by atoms with van der Waals surface area (Å²) in [6, 6.07) is 17.1. The number of aromatic nitrogens is 2. The first-order chi connectivity index (χ1) is 15.5. The van der Waals surface area contributed by atoms with Gasteiger partial charge in [-0.25, -0.2) is 19.2 Å². The highest BCUT2D eigenvalue weighted by atomic mass is 35.5. The van der Waals surface area contributed by atoms with Crippen LogP contribution < -0.4 is 4.90 Å². The van der Waals surface area contributed by atoms with E-state index >= 15 is 0 Å². The summed E-state index contributed by atoms with van der Waals surface area (Å²) in [5, 5.41) is 0.691. The number of rotatable bonds is 3. The number of benzene rings is 3. The molecule has 0 amide bonds. The standard InChI is InChI=1S/C25H19ClFN3O2/c1-32-25(31)17-6-10-20-21(14-17)29-24(23(28-20)15-4-8-19(27)9-5-15)30-12-2-3-16-13-18(26)7-11-22(16)30/h4-11,13-14H,2-3,12H2,1H3. The molecule has 0 aliphatic carbocycles. The van der Waals surface area contributed by atoms with E-state index in [0.29, 0.717) is 33.1 Å². The molecule has 32 heavy (non-hydrogen) atoms. The average Bonchev–Trinajstić information content (AvgIpc) is 2.82. The van der Waals surface area contributed by atoms with Gasteiger partial charge in [-0.15, -0.1) is 0 Å². The van der Waals surface area contributed by atoms with E-state index < -0.39 is 5.97 Å². The van der Waals surface area contributed by atoms with Gasteiger partial charge in [-0.05, 0) is 79.1 Å². The van der Waals surface area contributed by atoms with Crippen molar-refractivity contribution in [3.63, 3.8) is 0 Å². The molecule has 1 aliphatic heterocycles. The van der Waals surface area contributed by atoms with Crippen molar-refractivity contribution in [2.45, 2.75) is 12.8 Å². The first kappa shape index (κ1) is 20.4.